The maximum atomic E-state index is 12.8. The first kappa shape index (κ1) is 19.9. The molecule has 1 aromatic carbocycles. The van der Waals surface area contributed by atoms with E-state index in [1.165, 1.54) is 4.68 Å². The number of aliphatic hydroxyl groups is 1. The fourth-order valence-corrected chi connectivity index (χ4v) is 4.75. The number of likely N-dealkylation sites (tertiary alicyclic amines) is 1. The van der Waals surface area contributed by atoms with E-state index in [9.17, 15) is 13.5 Å². The second kappa shape index (κ2) is 8.04. The molecule has 27 heavy (non-hydrogen) atoms. The lowest BCUT2D eigenvalue weighted by atomic mass is 9.98. The molecular formula is C18H27N5O3S. The molecule has 2 heterocycles. The zero-order chi connectivity index (χ0) is 19.6. The molecule has 2 aromatic rings. The Bertz CT molecular complexity index is 855. The molecule has 1 atom stereocenters. The summed E-state index contributed by atoms with van der Waals surface area (Å²) in [6, 6.07) is 6.69. The summed E-state index contributed by atoms with van der Waals surface area (Å²) in [4.78, 5) is 2.50. The predicted octanol–water partition coefficient (Wildman–Crippen LogP) is 1.57. The maximum absolute atomic E-state index is 12.8. The van der Waals surface area contributed by atoms with Crippen LogP contribution < -0.4 is 0 Å². The predicted molar refractivity (Wildman–Crippen MR) is 101 cm³/mol. The van der Waals surface area contributed by atoms with Crippen molar-refractivity contribution in [1.29, 1.82) is 0 Å². The van der Waals surface area contributed by atoms with Crippen molar-refractivity contribution in [1.82, 2.24) is 25.1 Å². The Morgan fingerprint density at radius 2 is 1.81 bits per heavy atom. The summed E-state index contributed by atoms with van der Waals surface area (Å²) in [7, 11) is -3.56. The molecule has 1 N–H and O–H groups in total. The maximum Gasteiger partial charge on any atom is 0.198 e. The third kappa shape index (κ3) is 4.53. The number of sulfone groups is 1. The molecule has 0 aliphatic carbocycles. The molecule has 1 saturated heterocycles. The van der Waals surface area contributed by atoms with Crippen LogP contribution >= 0.6 is 0 Å². The van der Waals surface area contributed by atoms with Gasteiger partial charge < -0.3 is 5.11 Å². The van der Waals surface area contributed by atoms with Crippen molar-refractivity contribution in [3.8, 4) is 0 Å². The summed E-state index contributed by atoms with van der Waals surface area (Å²) >= 11 is 0. The Morgan fingerprint density at radius 1 is 1.19 bits per heavy atom. The number of benzene rings is 1. The van der Waals surface area contributed by atoms with Gasteiger partial charge in [-0.15, -0.1) is 5.10 Å². The molecule has 9 heteroatoms. The zero-order valence-electron chi connectivity index (χ0n) is 16.0. The molecule has 0 saturated carbocycles. The summed E-state index contributed by atoms with van der Waals surface area (Å²) in [6.07, 6.45) is 1.13. The van der Waals surface area contributed by atoms with Crippen LogP contribution in [0, 0.1) is 12.8 Å². The van der Waals surface area contributed by atoms with E-state index in [0.717, 1.165) is 18.7 Å². The van der Waals surface area contributed by atoms with Crippen LogP contribution in [0.4, 0.5) is 0 Å². The van der Waals surface area contributed by atoms with Crippen LogP contribution in [0.1, 0.15) is 44.1 Å². The van der Waals surface area contributed by atoms with Crippen molar-refractivity contribution in [3.63, 3.8) is 0 Å². The van der Waals surface area contributed by atoms with Gasteiger partial charge in [-0.3, -0.25) is 4.90 Å². The quantitative estimate of drug-likeness (QED) is 0.795. The van der Waals surface area contributed by atoms with Crippen LogP contribution in [0.5, 0.6) is 0 Å². The zero-order valence-corrected chi connectivity index (χ0v) is 16.8. The number of aromatic nitrogens is 4. The number of hydrogen-bond donors (Lipinski definition) is 1. The molecule has 148 valence electrons. The number of nitrogens with zero attached hydrogens (tertiary/aromatic N) is 5. The third-order valence-electron chi connectivity index (χ3n) is 5.02. The van der Waals surface area contributed by atoms with Crippen LogP contribution in [-0.4, -0.2) is 57.8 Å². The molecule has 8 nitrogen and oxygen atoms in total. The number of hydrogen-bond acceptors (Lipinski definition) is 7. The third-order valence-corrected chi connectivity index (χ3v) is 6.60. The Labute approximate surface area is 160 Å². The van der Waals surface area contributed by atoms with Crippen LogP contribution in [-0.2, 0) is 15.7 Å². The van der Waals surface area contributed by atoms with Gasteiger partial charge in [0.1, 0.15) is 0 Å². The van der Waals surface area contributed by atoms with E-state index in [1.54, 1.807) is 24.3 Å². The van der Waals surface area contributed by atoms with Crippen molar-refractivity contribution in [3.05, 3.63) is 35.7 Å². The van der Waals surface area contributed by atoms with E-state index >= 15 is 0 Å². The van der Waals surface area contributed by atoms with Crippen LogP contribution in [0.15, 0.2) is 29.2 Å². The van der Waals surface area contributed by atoms with Gasteiger partial charge in [0.15, 0.2) is 21.5 Å². The number of rotatable bonds is 6. The monoisotopic (exact) mass is 393 g/mol. The second-order valence-electron chi connectivity index (χ2n) is 7.55. The van der Waals surface area contributed by atoms with Crippen molar-refractivity contribution < 1.29 is 13.5 Å². The number of aryl methyl sites for hydroxylation is 1. The fraction of sp³-hybridized carbons (Fsp3) is 0.611. The average molecular weight is 394 g/mol. The van der Waals surface area contributed by atoms with E-state index in [0.29, 0.717) is 18.7 Å². The lowest BCUT2D eigenvalue weighted by Gasteiger charge is -2.37. The first-order valence-corrected chi connectivity index (χ1v) is 10.9. The molecule has 1 aliphatic heterocycles. The first-order chi connectivity index (χ1) is 12.8. The Hall–Kier alpha value is -1.84. The van der Waals surface area contributed by atoms with Crippen molar-refractivity contribution in [2.45, 2.75) is 56.5 Å². The summed E-state index contributed by atoms with van der Waals surface area (Å²) in [6.45, 7) is 7.54. The summed E-state index contributed by atoms with van der Waals surface area (Å²) < 4.78 is 27.0. The lowest BCUT2D eigenvalue weighted by molar-refractivity contribution is 0.0437. The highest BCUT2D eigenvalue weighted by molar-refractivity contribution is 7.90. The van der Waals surface area contributed by atoms with Crippen LogP contribution in [0.25, 0.3) is 0 Å². The molecule has 0 spiro atoms. The van der Waals surface area contributed by atoms with Gasteiger partial charge in [0, 0.05) is 13.1 Å². The van der Waals surface area contributed by atoms with Gasteiger partial charge in [-0.25, -0.2) is 13.1 Å². The van der Waals surface area contributed by atoms with Gasteiger partial charge in [0.05, 0.1) is 17.0 Å². The van der Waals surface area contributed by atoms with Crippen molar-refractivity contribution in [2.75, 3.05) is 13.1 Å². The minimum Gasteiger partial charge on any atom is -0.393 e. The Balaban J connectivity index is 1.86. The smallest absolute Gasteiger partial charge is 0.198 e. The van der Waals surface area contributed by atoms with Gasteiger partial charge in [-0.1, -0.05) is 31.5 Å². The van der Waals surface area contributed by atoms with Gasteiger partial charge in [-0.05, 0) is 48.2 Å². The molecule has 1 aliphatic rings. The van der Waals surface area contributed by atoms with Gasteiger partial charge in [-0.2, -0.15) is 0 Å². The van der Waals surface area contributed by atoms with E-state index in [-0.39, 0.29) is 28.8 Å². The minimum atomic E-state index is -3.56. The summed E-state index contributed by atoms with van der Waals surface area (Å²) in [5, 5.41) is 21.6. The summed E-state index contributed by atoms with van der Waals surface area (Å²) in [5.41, 5.74) is 1.00. The van der Waals surface area contributed by atoms with Crippen molar-refractivity contribution >= 4 is 9.84 Å². The van der Waals surface area contributed by atoms with Gasteiger partial charge in [0.2, 0.25) is 0 Å². The van der Waals surface area contributed by atoms with E-state index in [2.05, 4.69) is 34.3 Å². The molecule has 0 radical (unpaired) electrons. The van der Waals surface area contributed by atoms with Crippen LogP contribution in [0.2, 0.25) is 0 Å². The first-order valence-electron chi connectivity index (χ1n) is 9.25. The van der Waals surface area contributed by atoms with Crippen LogP contribution in [0.3, 0.4) is 0 Å². The SMILES string of the molecule is Cc1ccc(S(=O)(=O)Cn2nnnc2[C@@H](C(C)C)N2CCC(O)CC2)cc1. The van der Waals surface area contributed by atoms with Gasteiger partial charge in [0.25, 0.3) is 0 Å². The topological polar surface area (TPSA) is 101 Å². The molecule has 0 unspecified atom stereocenters. The normalized spacial score (nSPS) is 18.1. The lowest BCUT2D eigenvalue weighted by Crippen LogP contribution is -2.41. The fourth-order valence-electron chi connectivity index (χ4n) is 3.54. The van der Waals surface area contributed by atoms with Crippen molar-refractivity contribution in [2.24, 2.45) is 5.92 Å². The Kier molecular flexibility index (Phi) is 5.92. The number of piperidine rings is 1. The second-order valence-corrected chi connectivity index (χ2v) is 9.51. The molecule has 1 aromatic heterocycles. The highest BCUT2D eigenvalue weighted by Crippen LogP contribution is 2.30. The average Bonchev–Trinajstić information content (AvgIpc) is 3.04. The molecule has 0 bridgehead atoms. The molecule has 3 rings (SSSR count). The highest BCUT2D eigenvalue weighted by Gasteiger charge is 2.32. The molecular weight excluding hydrogens is 366 g/mol. The number of aliphatic hydroxyl groups excluding tert-OH is 1. The van der Waals surface area contributed by atoms with E-state index < -0.39 is 9.84 Å². The molecule has 1 fully saturated rings. The van der Waals surface area contributed by atoms with E-state index in [1.807, 2.05) is 6.92 Å². The standard InChI is InChI=1S/C18H27N5O3S/c1-13(2)17(22-10-8-15(24)9-11-22)18-19-20-21-23(18)12-27(25,26)16-6-4-14(3)5-7-16/h4-7,13,15,17,24H,8-12H2,1-3H3/t17-/m1/s1. The Morgan fingerprint density at radius 3 is 2.41 bits per heavy atom. The minimum absolute atomic E-state index is 0.0966. The number of tetrazole rings is 1. The highest BCUT2D eigenvalue weighted by atomic mass is 32.2. The summed E-state index contributed by atoms with van der Waals surface area (Å²) in [5.74, 6) is 0.460. The molecule has 0 amide bonds. The van der Waals surface area contributed by atoms with Gasteiger partial charge >= 0.3 is 0 Å². The largest absolute Gasteiger partial charge is 0.393 e. The van der Waals surface area contributed by atoms with E-state index in [4.69, 9.17) is 0 Å².